The fourth-order valence-corrected chi connectivity index (χ4v) is 2.15. The predicted octanol–water partition coefficient (Wildman–Crippen LogP) is 1.83. The molecular weight excluding hydrogens is 287 g/mol. The monoisotopic (exact) mass is 302 g/mol. The van der Waals surface area contributed by atoms with Gasteiger partial charge in [0.2, 0.25) is 0 Å². The van der Waals surface area contributed by atoms with Crippen molar-refractivity contribution in [2.75, 3.05) is 31.6 Å². The molecule has 2 aromatic rings. The number of amides is 1. The van der Waals surface area contributed by atoms with Gasteiger partial charge in [0.1, 0.15) is 23.7 Å². The molecule has 0 radical (unpaired) electrons. The molecule has 0 bridgehead atoms. The van der Waals surface area contributed by atoms with Gasteiger partial charge in [-0.05, 0) is 24.3 Å². The molecule has 0 saturated carbocycles. The third-order valence-corrected chi connectivity index (χ3v) is 3.30. The SMILES string of the molecule is O=C(c1cc(Nc2ccc(F)cc2)ncn1)N1CCOCC1. The summed E-state index contributed by atoms with van der Waals surface area (Å²) in [5.74, 6) is 0.0301. The maximum atomic E-state index is 12.9. The number of hydrogen-bond acceptors (Lipinski definition) is 5. The van der Waals surface area contributed by atoms with Crippen molar-refractivity contribution in [3.63, 3.8) is 0 Å². The Balaban J connectivity index is 1.74. The van der Waals surface area contributed by atoms with Gasteiger partial charge in [-0.1, -0.05) is 0 Å². The smallest absolute Gasteiger partial charge is 0.272 e. The first-order valence-electron chi connectivity index (χ1n) is 6.94. The van der Waals surface area contributed by atoms with Crippen LogP contribution in [0.3, 0.4) is 0 Å². The van der Waals surface area contributed by atoms with Crippen molar-refractivity contribution < 1.29 is 13.9 Å². The molecule has 1 aromatic carbocycles. The lowest BCUT2D eigenvalue weighted by atomic mass is 10.3. The second-order valence-corrected chi connectivity index (χ2v) is 4.82. The van der Waals surface area contributed by atoms with Crippen LogP contribution in [0.1, 0.15) is 10.5 Å². The average Bonchev–Trinajstić information content (AvgIpc) is 2.57. The first kappa shape index (κ1) is 14.4. The summed E-state index contributed by atoms with van der Waals surface area (Å²) in [5.41, 5.74) is 1.01. The van der Waals surface area contributed by atoms with Gasteiger partial charge in [-0.15, -0.1) is 0 Å². The van der Waals surface area contributed by atoms with E-state index in [0.29, 0.717) is 43.5 Å². The Morgan fingerprint density at radius 2 is 1.91 bits per heavy atom. The minimum atomic E-state index is -0.309. The molecule has 1 aromatic heterocycles. The number of hydrogen-bond donors (Lipinski definition) is 1. The van der Waals surface area contributed by atoms with Crippen molar-refractivity contribution in [3.05, 3.63) is 48.2 Å². The quantitative estimate of drug-likeness (QED) is 0.937. The van der Waals surface area contributed by atoms with E-state index in [4.69, 9.17) is 4.74 Å². The molecule has 1 aliphatic rings. The van der Waals surface area contributed by atoms with E-state index in [-0.39, 0.29) is 11.7 Å². The Morgan fingerprint density at radius 3 is 2.64 bits per heavy atom. The summed E-state index contributed by atoms with van der Waals surface area (Å²) in [6.07, 6.45) is 1.33. The molecule has 1 fully saturated rings. The minimum absolute atomic E-state index is 0.146. The fraction of sp³-hybridized carbons (Fsp3) is 0.267. The number of aromatic nitrogens is 2. The van der Waals surface area contributed by atoms with Gasteiger partial charge < -0.3 is 15.0 Å². The topological polar surface area (TPSA) is 67.4 Å². The molecule has 1 aliphatic heterocycles. The molecule has 114 valence electrons. The Labute approximate surface area is 126 Å². The van der Waals surface area contributed by atoms with Crippen LogP contribution in [0, 0.1) is 5.82 Å². The van der Waals surface area contributed by atoms with E-state index in [2.05, 4.69) is 15.3 Å². The number of ether oxygens (including phenoxy) is 1. The highest BCUT2D eigenvalue weighted by Crippen LogP contribution is 2.16. The van der Waals surface area contributed by atoms with Crippen LogP contribution in [0.2, 0.25) is 0 Å². The van der Waals surface area contributed by atoms with Gasteiger partial charge in [0.05, 0.1) is 13.2 Å². The summed E-state index contributed by atoms with van der Waals surface area (Å²) >= 11 is 0. The summed E-state index contributed by atoms with van der Waals surface area (Å²) in [6.45, 7) is 2.20. The van der Waals surface area contributed by atoms with Crippen LogP contribution in [-0.2, 0) is 4.74 Å². The number of morpholine rings is 1. The summed E-state index contributed by atoms with van der Waals surface area (Å²) < 4.78 is 18.1. The molecule has 3 rings (SSSR count). The van der Waals surface area contributed by atoms with E-state index in [1.807, 2.05) is 0 Å². The van der Waals surface area contributed by atoms with Crippen molar-refractivity contribution in [2.45, 2.75) is 0 Å². The van der Waals surface area contributed by atoms with Gasteiger partial charge in [-0.25, -0.2) is 14.4 Å². The Hall–Kier alpha value is -2.54. The number of carbonyl (C=O) groups is 1. The number of rotatable bonds is 3. The van der Waals surface area contributed by atoms with E-state index in [1.165, 1.54) is 18.5 Å². The Morgan fingerprint density at radius 1 is 1.18 bits per heavy atom. The third-order valence-electron chi connectivity index (χ3n) is 3.30. The van der Waals surface area contributed by atoms with Gasteiger partial charge >= 0.3 is 0 Å². The van der Waals surface area contributed by atoms with E-state index in [0.717, 1.165) is 0 Å². The van der Waals surface area contributed by atoms with E-state index >= 15 is 0 Å². The summed E-state index contributed by atoms with van der Waals surface area (Å²) in [4.78, 5) is 22.2. The van der Waals surface area contributed by atoms with E-state index in [1.54, 1.807) is 23.1 Å². The first-order chi connectivity index (χ1) is 10.7. The first-order valence-corrected chi connectivity index (χ1v) is 6.94. The van der Waals surface area contributed by atoms with Gasteiger partial charge in [0.15, 0.2) is 0 Å². The number of anilines is 2. The standard InChI is InChI=1S/C15H15FN4O2/c16-11-1-3-12(4-2-11)19-14-9-13(17-10-18-14)15(21)20-5-7-22-8-6-20/h1-4,9-10H,5-8H2,(H,17,18,19). The highest BCUT2D eigenvalue weighted by molar-refractivity contribution is 5.93. The molecule has 22 heavy (non-hydrogen) atoms. The fourth-order valence-electron chi connectivity index (χ4n) is 2.15. The predicted molar refractivity (Wildman–Crippen MR) is 78.4 cm³/mol. The highest BCUT2D eigenvalue weighted by Gasteiger charge is 2.20. The number of nitrogens with zero attached hydrogens (tertiary/aromatic N) is 3. The van der Waals surface area contributed by atoms with E-state index in [9.17, 15) is 9.18 Å². The maximum absolute atomic E-state index is 12.9. The van der Waals surface area contributed by atoms with Crippen LogP contribution in [-0.4, -0.2) is 47.1 Å². The van der Waals surface area contributed by atoms with Crippen molar-refractivity contribution in [2.24, 2.45) is 0 Å². The largest absolute Gasteiger partial charge is 0.378 e. The van der Waals surface area contributed by atoms with Gasteiger partial charge in [0.25, 0.3) is 5.91 Å². The van der Waals surface area contributed by atoms with Crippen LogP contribution >= 0.6 is 0 Å². The Bertz CT molecular complexity index is 657. The second kappa shape index (κ2) is 6.48. The second-order valence-electron chi connectivity index (χ2n) is 4.82. The molecule has 0 spiro atoms. The zero-order valence-electron chi connectivity index (χ0n) is 11.8. The molecule has 1 amide bonds. The molecular formula is C15H15FN4O2. The molecule has 0 atom stereocenters. The lowest BCUT2D eigenvalue weighted by molar-refractivity contribution is 0.0299. The molecule has 0 unspecified atom stereocenters. The molecule has 6 nitrogen and oxygen atoms in total. The van der Waals surface area contributed by atoms with Crippen molar-refractivity contribution in [1.29, 1.82) is 0 Å². The molecule has 7 heteroatoms. The van der Waals surface area contributed by atoms with Crippen LogP contribution in [0.15, 0.2) is 36.7 Å². The summed E-state index contributed by atoms with van der Waals surface area (Å²) in [5, 5.41) is 3.02. The van der Waals surface area contributed by atoms with Crippen molar-refractivity contribution >= 4 is 17.4 Å². The molecule has 1 N–H and O–H groups in total. The summed E-state index contributed by atoms with van der Waals surface area (Å²) in [6, 6.07) is 7.48. The normalized spacial score (nSPS) is 14.7. The van der Waals surface area contributed by atoms with E-state index < -0.39 is 0 Å². The average molecular weight is 302 g/mol. The zero-order valence-corrected chi connectivity index (χ0v) is 11.8. The molecule has 0 aliphatic carbocycles. The summed E-state index contributed by atoms with van der Waals surface area (Å²) in [7, 11) is 0. The number of carbonyl (C=O) groups excluding carboxylic acids is 1. The van der Waals surface area contributed by atoms with Crippen molar-refractivity contribution in [1.82, 2.24) is 14.9 Å². The van der Waals surface area contributed by atoms with Gasteiger partial charge in [0, 0.05) is 24.8 Å². The van der Waals surface area contributed by atoms with Crippen LogP contribution in [0.4, 0.5) is 15.9 Å². The lowest BCUT2D eigenvalue weighted by Gasteiger charge is -2.26. The van der Waals surface area contributed by atoms with Gasteiger partial charge in [-0.2, -0.15) is 0 Å². The molecule has 1 saturated heterocycles. The van der Waals surface area contributed by atoms with Gasteiger partial charge in [-0.3, -0.25) is 4.79 Å². The number of halogens is 1. The highest BCUT2D eigenvalue weighted by atomic mass is 19.1. The minimum Gasteiger partial charge on any atom is -0.378 e. The Kier molecular flexibility index (Phi) is 4.24. The van der Waals surface area contributed by atoms with Crippen LogP contribution < -0.4 is 5.32 Å². The van der Waals surface area contributed by atoms with Crippen LogP contribution in [0.25, 0.3) is 0 Å². The number of nitrogens with one attached hydrogen (secondary N) is 1. The van der Waals surface area contributed by atoms with Crippen molar-refractivity contribution in [3.8, 4) is 0 Å². The third kappa shape index (κ3) is 3.37. The maximum Gasteiger partial charge on any atom is 0.272 e. The lowest BCUT2D eigenvalue weighted by Crippen LogP contribution is -2.41. The molecule has 2 heterocycles. The zero-order chi connectivity index (χ0) is 15.4. The number of benzene rings is 1. The van der Waals surface area contributed by atoms with Crippen LogP contribution in [0.5, 0.6) is 0 Å².